The number of carbonyl (C=O) groups excluding carboxylic acids is 1. The van der Waals surface area contributed by atoms with Crippen LogP contribution in [0.5, 0.6) is 0 Å². The number of nitrogens with one attached hydrogen (secondary N) is 1. The second kappa shape index (κ2) is 6.03. The summed E-state index contributed by atoms with van der Waals surface area (Å²) in [7, 11) is 0. The topological polar surface area (TPSA) is 46.9 Å². The van der Waals surface area contributed by atoms with Crippen molar-refractivity contribution in [1.29, 1.82) is 0 Å². The molecule has 0 atom stereocenters. The Kier molecular flexibility index (Phi) is 3.94. The monoisotopic (exact) mass is 311 g/mol. The Morgan fingerprint density at radius 1 is 1.14 bits per heavy atom. The van der Waals surface area contributed by atoms with Crippen molar-refractivity contribution in [2.45, 2.75) is 6.92 Å². The fourth-order valence-corrected chi connectivity index (χ4v) is 2.41. The normalized spacial score (nSPS) is 10.5. The third-order valence-electron chi connectivity index (χ3n) is 3.34. The van der Waals surface area contributed by atoms with Gasteiger partial charge >= 0.3 is 0 Å². The molecule has 5 heteroatoms. The lowest BCUT2D eigenvalue weighted by atomic mass is 10.2. The fourth-order valence-electron chi connectivity index (χ4n) is 2.22. The molecular formula is C17H14ClN3O. The molecule has 2 aromatic carbocycles. The maximum atomic E-state index is 12.4. The lowest BCUT2D eigenvalue weighted by molar-refractivity contribution is 0.102. The van der Waals surface area contributed by atoms with Gasteiger partial charge in [0.05, 0.1) is 23.1 Å². The second-order valence-corrected chi connectivity index (χ2v) is 5.29. The molecule has 0 aliphatic rings. The average molecular weight is 312 g/mol. The van der Waals surface area contributed by atoms with E-state index < -0.39 is 0 Å². The van der Waals surface area contributed by atoms with Crippen molar-refractivity contribution in [3.63, 3.8) is 0 Å². The molecule has 0 spiro atoms. The first-order chi connectivity index (χ1) is 10.6. The molecule has 0 bridgehead atoms. The van der Waals surface area contributed by atoms with E-state index in [4.69, 9.17) is 11.6 Å². The Hall–Kier alpha value is -2.59. The molecule has 1 heterocycles. The van der Waals surface area contributed by atoms with Crippen molar-refractivity contribution < 1.29 is 4.79 Å². The molecule has 0 aliphatic heterocycles. The molecule has 3 rings (SSSR count). The van der Waals surface area contributed by atoms with Crippen molar-refractivity contribution in [3.8, 4) is 5.69 Å². The van der Waals surface area contributed by atoms with Crippen molar-refractivity contribution >= 4 is 23.2 Å². The molecule has 0 aliphatic carbocycles. The standard InChI is InChI=1S/C17H14ClN3O/c1-12-16(17(22)20-14-7-3-2-4-8-14)11-19-21(12)15-9-5-6-13(18)10-15/h2-11H,1H3,(H,20,22). The van der Waals surface area contributed by atoms with Crippen LogP contribution in [0.2, 0.25) is 5.02 Å². The molecular weight excluding hydrogens is 298 g/mol. The van der Waals surface area contributed by atoms with Gasteiger partial charge in [-0.05, 0) is 37.3 Å². The molecule has 1 N–H and O–H groups in total. The van der Waals surface area contributed by atoms with E-state index in [1.165, 1.54) is 0 Å². The fraction of sp³-hybridized carbons (Fsp3) is 0.0588. The average Bonchev–Trinajstić information content (AvgIpc) is 2.90. The van der Waals surface area contributed by atoms with Crippen LogP contribution < -0.4 is 5.32 Å². The number of carbonyl (C=O) groups is 1. The van der Waals surface area contributed by atoms with Gasteiger partial charge in [0.1, 0.15) is 0 Å². The van der Waals surface area contributed by atoms with Gasteiger partial charge < -0.3 is 5.32 Å². The molecule has 3 aromatic rings. The van der Waals surface area contributed by atoms with Crippen LogP contribution in [-0.2, 0) is 0 Å². The quantitative estimate of drug-likeness (QED) is 0.792. The summed E-state index contributed by atoms with van der Waals surface area (Å²) in [5.74, 6) is -0.183. The highest BCUT2D eigenvalue weighted by atomic mass is 35.5. The summed E-state index contributed by atoms with van der Waals surface area (Å²) in [5, 5.41) is 7.77. The van der Waals surface area contributed by atoms with Gasteiger partial charge in [-0.2, -0.15) is 5.10 Å². The Morgan fingerprint density at radius 2 is 1.91 bits per heavy atom. The number of hydrogen-bond donors (Lipinski definition) is 1. The third-order valence-corrected chi connectivity index (χ3v) is 3.57. The maximum absolute atomic E-state index is 12.4. The van der Waals surface area contributed by atoms with Crippen LogP contribution in [0.3, 0.4) is 0 Å². The summed E-state index contributed by atoms with van der Waals surface area (Å²) in [6.07, 6.45) is 1.56. The van der Waals surface area contributed by atoms with E-state index in [0.717, 1.165) is 17.1 Å². The molecule has 0 fully saturated rings. The second-order valence-electron chi connectivity index (χ2n) is 4.86. The molecule has 1 amide bonds. The molecule has 0 saturated carbocycles. The number of anilines is 1. The zero-order valence-electron chi connectivity index (χ0n) is 12.0. The number of nitrogens with zero attached hydrogens (tertiary/aromatic N) is 2. The predicted molar refractivity (Wildman–Crippen MR) is 87.7 cm³/mol. The highest BCUT2D eigenvalue weighted by Gasteiger charge is 2.15. The lowest BCUT2D eigenvalue weighted by Crippen LogP contribution is -2.13. The lowest BCUT2D eigenvalue weighted by Gasteiger charge is -2.07. The number of aromatic nitrogens is 2. The molecule has 0 radical (unpaired) electrons. The number of para-hydroxylation sites is 1. The molecule has 0 saturated heterocycles. The zero-order valence-corrected chi connectivity index (χ0v) is 12.7. The smallest absolute Gasteiger partial charge is 0.259 e. The van der Waals surface area contributed by atoms with Gasteiger partial charge in [-0.15, -0.1) is 0 Å². The largest absolute Gasteiger partial charge is 0.322 e. The van der Waals surface area contributed by atoms with Crippen LogP contribution in [0.25, 0.3) is 5.69 Å². The van der Waals surface area contributed by atoms with Gasteiger partial charge in [-0.25, -0.2) is 4.68 Å². The first-order valence-corrected chi connectivity index (χ1v) is 7.20. The Bertz CT molecular complexity index is 812. The first kappa shape index (κ1) is 14.4. The SMILES string of the molecule is Cc1c(C(=O)Nc2ccccc2)cnn1-c1cccc(Cl)c1. The van der Waals surface area contributed by atoms with E-state index in [9.17, 15) is 4.79 Å². The van der Waals surface area contributed by atoms with Gasteiger partial charge in [-0.3, -0.25) is 4.79 Å². The summed E-state index contributed by atoms with van der Waals surface area (Å²) in [5.41, 5.74) is 2.87. The van der Waals surface area contributed by atoms with Crippen LogP contribution >= 0.6 is 11.6 Å². The highest BCUT2D eigenvalue weighted by Crippen LogP contribution is 2.18. The summed E-state index contributed by atoms with van der Waals surface area (Å²) in [6.45, 7) is 1.85. The van der Waals surface area contributed by atoms with Gasteiger partial charge in [0.25, 0.3) is 5.91 Å². The Labute approximate surface area is 133 Å². The van der Waals surface area contributed by atoms with Crippen molar-refractivity contribution in [1.82, 2.24) is 9.78 Å². The van der Waals surface area contributed by atoms with Crippen molar-refractivity contribution in [2.75, 3.05) is 5.32 Å². The predicted octanol–water partition coefficient (Wildman–Crippen LogP) is 4.09. The van der Waals surface area contributed by atoms with Crippen LogP contribution in [0, 0.1) is 6.92 Å². The van der Waals surface area contributed by atoms with Crippen LogP contribution in [-0.4, -0.2) is 15.7 Å². The van der Waals surface area contributed by atoms with Crippen LogP contribution in [0.4, 0.5) is 5.69 Å². The summed E-state index contributed by atoms with van der Waals surface area (Å²) < 4.78 is 1.70. The van der Waals surface area contributed by atoms with E-state index in [2.05, 4.69) is 10.4 Å². The van der Waals surface area contributed by atoms with E-state index in [-0.39, 0.29) is 5.91 Å². The number of rotatable bonds is 3. The van der Waals surface area contributed by atoms with Gasteiger partial charge in [0.15, 0.2) is 0 Å². The Morgan fingerprint density at radius 3 is 2.64 bits per heavy atom. The first-order valence-electron chi connectivity index (χ1n) is 6.82. The number of amides is 1. The third kappa shape index (κ3) is 2.87. The van der Waals surface area contributed by atoms with E-state index in [0.29, 0.717) is 10.6 Å². The Balaban J connectivity index is 1.89. The number of halogens is 1. The minimum Gasteiger partial charge on any atom is -0.322 e. The van der Waals surface area contributed by atoms with Crippen LogP contribution in [0.15, 0.2) is 60.8 Å². The maximum Gasteiger partial charge on any atom is 0.259 e. The minimum atomic E-state index is -0.183. The number of benzene rings is 2. The molecule has 22 heavy (non-hydrogen) atoms. The summed E-state index contributed by atoms with van der Waals surface area (Å²) in [4.78, 5) is 12.4. The van der Waals surface area contributed by atoms with E-state index in [1.807, 2.05) is 49.4 Å². The molecule has 4 nitrogen and oxygen atoms in total. The van der Waals surface area contributed by atoms with E-state index >= 15 is 0 Å². The molecule has 0 unspecified atom stereocenters. The van der Waals surface area contributed by atoms with Gasteiger partial charge in [0, 0.05) is 10.7 Å². The molecule has 1 aromatic heterocycles. The minimum absolute atomic E-state index is 0.183. The van der Waals surface area contributed by atoms with Gasteiger partial charge in [0.2, 0.25) is 0 Å². The van der Waals surface area contributed by atoms with Crippen molar-refractivity contribution in [3.05, 3.63) is 77.1 Å². The molecule has 110 valence electrons. The van der Waals surface area contributed by atoms with Crippen LogP contribution in [0.1, 0.15) is 16.1 Å². The van der Waals surface area contributed by atoms with E-state index in [1.54, 1.807) is 23.0 Å². The van der Waals surface area contributed by atoms with Crippen molar-refractivity contribution in [2.24, 2.45) is 0 Å². The summed E-state index contributed by atoms with van der Waals surface area (Å²) in [6, 6.07) is 16.7. The summed E-state index contributed by atoms with van der Waals surface area (Å²) >= 11 is 6.00. The number of hydrogen-bond acceptors (Lipinski definition) is 2. The highest BCUT2D eigenvalue weighted by molar-refractivity contribution is 6.30. The zero-order chi connectivity index (χ0) is 15.5. The van der Waals surface area contributed by atoms with Gasteiger partial charge in [-0.1, -0.05) is 35.9 Å².